The maximum Gasteiger partial charge on any atom is 0.326 e. The van der Waals surface area contributed by atoms with Crippen LogP contribution >= 0.6 is 0 Å². The molecule has 1 atom stereocenters. The molecule has 0 aromatic heterocycles. The summed E-state index contributed by atoms with van der Waals surface area (Å²) in [6, 6.07) is -1.88. The van der Waals surface area contributed by atoms with Crippen LogP contribution in [-0.2, 0) is 19.4 Å². The fourth-order valence-electron chi connectivity index (χ4n) is 1.93. The number of primary amides is 1. The number of sulfone groups is 1. The third kappa shape index (κ3) is 5.98. The fourth-order valence-corrected chi connectivity index (χ4v) is 3.20. The van der Waals surface area contributed by atoms with Crippen molar-refractivity contribution < 1.29 is 27.9 Å². The zero-order valence-electron chi connectivity index (χ0n) is 11.4. The van der Waals surface area contributed by atoms with Crippen molar-refractivity contribution in [2.45, 2.75) is 25.3 Å². The molecular formula is C11H19N3O6S. The molecule has 0 bridgehead atoms. The lowest BCUT2D eigenvalue weighted by Crippen LogP contribution is -2.49. The molecule has 21 heavy (non-hydrogen) atoms. The van der Waals surface area contributed by atoms with E-state index in [1.54, 1.807) is 0 Å². The van der Waals surface area contributed by atoms with Crippen molar-refractivity contribution in [3.63, 3.8) is 0 Å². The normalized spacial score (nSPS) is 19.3. The summed E-state index contributed by atoms with van der Waals surface area (Å²) in [5.41, 5.74) is 4.94. The second-order valence-electron chi connectivity index (χ2n) is 4.84. The number of carboxylic acid groups (broad SMARTS) is 1. The van der Waals surface area contributed by atoms with E-state index in [-0.39, 0.29) is 37.4 Å². The van der Waals surface area contributed by atoms with E-state index in [1.165, 1.54) is 4.90 Å². The van der Waals surface area contributed by atoms with Crippen LogP contribution in [0.2, 0.25) is 0 Å². The average molecular weight is 321 g/mol. The highest BCUT2D eigenvalue weighted by Crippen LogP contribution is 2.06. The van der Waals surface area contributed by atoms with Crippen molar-refractivity contribution in [2.75, 3.05) is 24.6 Å². The molecule has 1 heterocycles. The molecule has 9 nitrogen and oxygen atoms in total. The van der Waals surface area contributed by atoms with Gasteiger partial charge < -0.3 is 21.1 Å². The second kappa shape index (κ2) is 7.25. The number of nitrogens with one attached hydrogen (secondary N) is 1. The number of carbonyl (C=O) groups excluding carboxylic acids is 2. The Labute approximate surface area is 122 Å². The molecule has 0 aromatic carbocycles. The third-order valence-corrected chi connectivity index (χ3v) is 4.83. The predicted octanol–water partition coefficient (Wildman–Crippen LogP) is -1.46. The van der Waals surface area contributed by atoms with Crippen LogP contribution < -0.4 is 11.1 Å². The molecule has 0 aromatic rings. The number of rotatable bonds is 5. The van der Waals surface area contributed by atoms with Gasteiger partial charge in [-0.3, -0.25) is 4.79 Å². The summed E-state index contributed by atoms with van der Waals surface area (Å²) in [6.45, 7) is 0.267. The number of carbonyl (C=O) groups is 3. The minimum Gasteiger partial charge on any atom is -0.480 e. The minimum atomic E-state index is -3.15. The largest absolute Gasteiger partial charge is 0.480 e. The van der Waals surface area contributed by atoms with E-state index in [2.05, 4.69) is 5.32 Å². The van der Waals surface area contributed by atoms with Crippen LogP contribution in [0.4, 0.5) is 4.79 Å². The van der Waals surface area contributed by atoms with Crippen LogP contribution in [0.3, 0.4) is 0 Å². The molecule has 3 amide bonds. The molecule has 4 N–H and O–H groups in total. The van der Waals surface area contributed by atoms with E-state index in [0.29, 0.717) is 6.42 Å². The Morgan fingerprint density at radius 2 is 1.90 bits per heavy atom. The standard InChI is InChI=1S/C11H19N3O6S/c12-9(15)3-2-8(10(16)17)13-11(18)14-4-1-6-21(19,20)7-5-14/h8H,1-7H2,(H2,12,15)(H,13,18)(H,16,17)/t8-/m0/s1. The van der Waals surface area contributed by atoms with Gasteiger partial charge >= 0.3 is 12.0 Å². The smallest absolute Gasteiger partial charge is 0.326 e. The number of carboxylic acids is 1. The maximum atomic E-state index is 12.0. The van der Waals surface area contributed by atoms with Crippen molar-refractivity contribution in [3.05, 3.63) is 0 Å². The Balaban J connectivity index is 2.60. The van der Waals surface area contributed by atoms with Crippen LogP contribution in [0.25, 0.3) is 0 Å². The quantitative estimate of drug-likeness (QED) is 0.563. The van der Waals surface area contributed by atoms with E-state index in [0.717, 1.165) is 0 Å². The highest BCUT2D eigenvalue weighted by molar-refractivity contribution is 7.91. The Hall–Kier alpha value is -1.84. The van der Waals surface area contributed by atoms with Crippen LogP contribution in [0, 0.1) is 0 Å². The number of hydrogen-bond acceptors (Lipinski definition) is 5. The van der Waals surface area contributed by atoms with Gasteiger partial charge in [0.05, 0.1) is 11.5 Å². The highest BCUT2D eigenvalue weighted by Gasteiger charge is 2.26. The molecular weight excluding hydrogens is 302 g/mol. The zero-order chi connectivity index (χ0) is 16.0. The van der Waals surface area contributed by atoms with Crippen LogP contribution in [-0.4, -0.2) is 67.0 Å². The third-order valence-electron chi connectivity index (χ3n) is 3.12. The van der Waals surface area contributed by atoms with E-state index in [4.69, 9.17) is 10.8 Å². The first-order valence-corrected chi connectivity index (χ1v) is 8.30. The van der Waals surface area contributed by atoms with E-state index < -0.39 is 33.8 Å². The molecule has 0 radical (unpaired) electrons. The molecule has 0 saturated carbocycles. The number of amides is 3. The van der Waals surface area contributed by atoms with E-state index in [9.17, 15) is 22.8 Å². The van der Waals surface area contributed by atoms with Gasteiger partial charge in [0.2, 0.25) is 5.91 Å². The number of nitrogens with zero attached hydrogens (tertiary/aromatic N) is 1. The second-order valence-corrected chi connectivity index (χ2v) is 7.14. The lowest BCUT2D eigenvalue weighted by Gasteiger charge is -2.23. The van der Waals surface area contributed by atoms with Gasteiger partial charge in [0.25, 0.3) is 0 Å². The summed E-state index contributed by atoms with van der Waals surface area (Å²) in [5.74, 6) is -2.05. The number of nitrogens with two attached hydrogens (primary N) is 1. The van der Waals surface area contributed by atoms with Crippen molar-refractivity contribution >= 4 is 27.7 Å². The molecule has 1 saturated heterocycles. The first-order valence-electron chi connectivity index (χ1n) is 6.48. The topological polar surface area (TPSA) is 147 Å². The SMILES string of the molecule is NC(=O)CC[C@H](NC(=O)N1CCCS(=O)(=O)CC1)C(=O)O. The maximum absolute atomic E-state index is 12.0. The van der Waals surface area contributed by atoms with Gasteiger partial charge in [0.15, 0.2) is 9.84 Å². The van der Waals surface area contributed by atoms with Crippen LogP contribution in [0.5, 0.6) is 0 Å². The lowest BCUT2D eigenvalue weighted by atomic mass is 10.1. The summed E-state index contributed by atoms with van der Waals surface area (Å²) < 4.78 is 22.9. The predicted molar refractivity (Wildman–Crippen MR) is 73.2 cm³/mol. The van der Waals surface area contributed by atoms with Gasteiger partial charge in [-0.05, 0) is 12.8 Å². The van der Waals surface area contributed by atoms with Crippen molar-refractivity contribution in [1.82, 2.24) is 10.2 Å². The van der Waals surface area contributed by atoms with Gasteiger partial charge in [-0.1, -0.05) is 0 Å². The zero-order valence-corrected chi connectivity index (χ0v) is 12.3. The summed E-state index contributed by atoms with van der Waals surface area (Å²) in [4.78, 5) is 34.9. The Kier molecular flexibility index (Phi) is 5.94. The summed E-state index contributed by atoms with van der Waals surface area (Å²) in [7, 11) is -3.15. The van der Waals surface area contributed by atoms with Crippen molar-refractivity contribution in [3.8, 4) is 0 Å². The van der Waals surface area contributed by atoms with E-state index >= 15 is 0 Å². The number of aliphatic carboxylic acids is 1. The molecule has 1 rings (SSSR count). The number of urea groups is 1. The highest BCUT2D eigenvalue weighted by atomic mass is 32.2. The van der Waals surface area contributed by atoms with Gasteiger partial charge in [0.1, 0.15) is 6.04 Å². The summed E-state index contributed by atoms with van der Waals surface area (Å²) in [5, 5.41) is 11.3. The van der Waals surface area contributed by atoms with Crippen LogP contribution in [0.15, 0.2) is 0 Å². The van der Waals surface area contributed by atoms with E-state index in [1.807, 2.05) is 0 Å². The molecule has 1 fully saturated rings. The Bertz CT molecular complexity index is 518. The molecule has 1 aliphatic rings. The molecule has 0 spiro atoms. The average Bonchev–Trinajstić information content (AvgIpc) is 2.54. The van der Waals surface area contributed by atoms with Crippen molar-refractivity contribution in [2.24, 2.45) is 5.73 Å². The fraction of sp³-hybridized carbons (Fsp3) is 0.727. The molecule has 0 aliphatic carbocycles. The molecule has 10 heteroatoms. The van der Waals surface area contributed by atoms with Gasteiger partial charge in [-0.25, -0.2) is 18.0 Å². The lowest BCUT2D eigenvalue weighted by molar-refractivity contribution is -0.139. The monoisotopic (exact) mass is 321 g/mol. The van der Waals surface area contributed by atoms with Crippen molar-refractivity contribution in [1.29, 1.82) is 0 Å². The first-order chi connectivity index (χ1) is 9.71. The number of hydrogen-bond donors (Lipinski definition) is 3. The minimum absolute atomic E-state index is 0.0147. The summed E-state index contributed by atoms with van der Waals surface area (Å²) >= 11 is 0. The van der Waals surface area contributed by atoms with Gasteiger partial charge in [-0.15, -0.1) is 0 Å². The van der Waals surface area contributed by atoms with Gasteiger partial charge in [-0.2, -0.15) is 0 Å². The van der Waals surface area contributed by atoms with Gasteiger partial charge in [0, 0.05) is 19.5 Å². The first kappa shape index (κ1) is 17.2. The molecule has 1 aliphatic heterocycles. The molecule has 0 unspecified atom stereocenters. The Morgan fingerprint density at radius 3 is 2.48 bits per heavy atom. The molecule has 120 valence electrons. The Morgan fingerprint density at radius 1 is 1.24 bits per heavy atom. The summed E-state index contributed by atoms with van der Waals surface area (Å²) in [6.07, 6.45) is 0.0446. The van der Waals surface area contributed by atoms with Crippen LogP contribution in [0.1, 0.15) is 19.3 Å².